The van der Waals surface area contributed by atoms with Gasteiger partial charge in [0.2, 0.25) is 0 Å². The molecule has 0 saturated carbocycles. The lowest BCUT2D eigenvalue weighted by molar-refractivity contribution is -0.197. The van der Waals surface area contributed by atoms with E-state index in [-0.39, 0.29) is 0 Å². The van der Waals surface area contributed by atoms with Crippen LogP contribution in [0.15, 0.2) is 6.26 Å². The molecule has 2 nitrogen and oxygen atoms in total. The molecule has 0 atom stereocenters. The Morgan fingerprint density at radius 2 is 2.40 bits per heavy atom. The second kappa shape index (κ2) is 1.08. The summed E-state index contributed by atoms with van der Waals surface area (Å²) in [6, 6.07) is 0. The Hall–Kier alpha value is -0.500. The summed E-state index contributed by atoms with van der Waals surface area (Å²) in [7, 11) is 0. The second-order valence-corrected chi connectivity index (χ2v) is 0.595. The van der Waals surface area contributed by atoms with Crippen molar-refractivity contribution in [2.45, 2.75) is 0 Å². The molecule has 0 unspecified atom stereocenters. The molecule has 0 fully saturated rings. The van der Waals surface area contributed by atoms with Crippen molar-refractivity contribution in [3.8, 4) is 0 Å². The molecular formula is C3H2O2. The van der Waals surface area contributed by atoms with Gasteiger partial charge in [-0.15, -0.1) is 0 Å². The van der Waals surface area contributed by atoms with Gasteiger partial charge in [-0.2, -0.15) is 4.89 Å². The van der Waals surface area contributed by atoms with E-state index in [4.69, 9.17) is 0 Å². The van der Waals surface area contributed by atoms with Gasteiger partial charge < -0.3 is 4.89 Å². The standard InChI is InChI=1S/C3H2O2/c1-2-4-5-3-1/h2-3H. The smallest absolute Gasteiger partial charge is 0.168 e. The van der Waals surface area contributed by atoms with Crippen molar-refractivity contribution in [1.82, 2.24) is 0 Å². The van der Waals surface area contributed by atoms with Gasteiger partial charge in [-0.3, -0.25) is 0 Å². The molecule has 0 N–H and O–H groups in total. The van der Waals surface area contributed by atoms with Crippen LogP contribution in [0.4, 0.5) is 0 Å². The molecule has 0 bridgehead atoms. The van der Waals surface area contributed by atoms with Crippen molar-refractivity contribution in [2.24, 2.45) is 0 Å². The van der Waals surface area contributed by atoms with Crippen LogP contribution in [0.25, 0.3) is 0 Å². The lowest BCUT2D eigenvalue weighted by atomic mass is 10.7. The highest BCUT2D eigenvalue weighted by Gasteiger charge is 1.87. The topological polar surface area (TPSA) is 18.5 Å². The van der Waals surface area contributed by atoms with Gasteiger partial charge in [0.1, 0.15) is 6.26 Å². The molecule has 1 heterocycles. The van der Waals surface area contributed by atoms with Crippen molar-refractivity contribution in [1.29, 1.82) is 0 Å². The van der Waals surface area contributed by atoms with Gasteiger partial charge in [0.25, 0.3) is 0 Å². The van der Waals surface area contributed by atoms with E-state index in [2.05, 4.69) is 15.9 Å². The van der Waals surface area contributed by atoms with Gasteiger partial charge in [0.05, 0.1) is 0 Å². The molecule has 0 aliphatic carbocycles. The predicted molar refractivity (Wildman–Crippen MR) is 14.3 cm³/mol. The molecule has 0 amide bonds. The second-order valence-electron chi connectivity index (χ2n) is 0.595. The number of hydrogen-bond donors (Lipinski definition) is 0. The normalized spacial score (nSPS) is 19.2. The molecule has 0 spiro atoms. The molecule has 1 aliphatic rings. The SMILES string of the molecule is [C]1=COO[CH]1. The van der Waals surface area contributed by atoms with E-state index in [9.17, 15) is 0 Å². The first-order chi connectivity index (χ1) is 2.50. The van der Waals surface area contributed by atoms with Crippen LogP contribution in [0.2, 0.25) is 0 Å². The van der Waals surface area contributed by atoms with E-state index in [1.54, 1.807) is 0 Å². The average Bonchev–Trinajstić information content (AvgIpc) is 1.76. The van der Waals surface area contributed by atoms with E-state index in [1.807, 2.05) is 0 Å². The molecule has 26 valence electrons. The van der Waals surface area contributed by atoms with Gasteiger partial charge in [0, 0.05) is 6.08 Å². The summed E-state index contributed by atoms with van der Waals surface area (Å²) < 4.78 is 0. The van der Waals surface area contributed by atoms with Crippen molar-refractivity contribution < 1.29 is 9.78 Å². The van der Waals surface area contributed by atoms with Crippen LogP contribution < -0.4 is 0 Å². The first-order valence-electron chi connectivity index (χ1n) is 1.22. The third-order valence-corrected chi connectivity index (χ3v) is 0.288. The predicted octanol–water partition coefficient (Wildman–Crippen LogP) is 0.427. The lowest BCUT2D eigenvalue weighted by Gasteiger charge is -1.79. The lowest BCUT2D eigenvalue weighted by Crippen LogP contribution is -1.66. The zero-order valence-corrected chi connectivity index (χ0v) is 2.47. The van der Waals surface area contributed by atoms with Crippen molar-refractivity contribution >= 4 is 0 Å². The first kappa shape index (κ1) is 2.72. The summed E-state index contributed by atoms with van der Waals surface area (Å²) in [4.78, 5) is 8.31. The molecule has 1 aliphatic heterocycles. The highest BCUT2D eigenvalue weighted by atomic mass is 17.2. The van der Waals surface area contributed by atoms with Crippen LogP contribution in [-0.2, 0) is 9.78 Å². The number of hydrogen-bond acceptors (Lipinski definition) is 2. The van der Waals surface area contributed by atoms with Crippen molar-refractivity contribution in [3.05, 3.63) is 18.9 Å². The fourth-order valence-electron chi connectivity index (χ4n) is 0.139. The maximum absolute atomic E-state index is 4.15. The van der Waals surface area contributed by atoms with Crippen LogP contribution in [0.1, 0.15) is 0 Å². The van der Waals surface area contributed by atoms with Crippen LogP contribution >= 0.6 is 0 Å². The van der Waals surface area contributed by atoms with Gasteiger partial charge in [-0.1, -0.05) is 0 Å². The minimum atomic E-state index is 1.33. The van der Waals surface area contributed by atoms with Gasteiger partial charge in [-0.05, 0) is 0 Å². The monoisotopic (exact) mass is 70.0 g/mol. The minimum Gasteiger partial charge on any atom is -0.344 e. The number of rotatable bonds is 0. The van der Waals surface area contributed by atoms with Crippen LogP contribution in [0.3, 0.4) is 0 Å². The zero-order chi connectivity index (χ0) is 3.54. The quantitative estimate of drug-likeness (QED) is 0.385. The van der Waals surface area contributed by atoms with E-state index in [0.29, 0.717) is 0 Å². The molecule has 0 aromatic rings. The van der Waals surface area contributed by atoms with E-state index in [1.165, 1.54) is 12.9 Å². The third kappa shape index (κ3) is 0.389. The van der Waals surface area contributed by atoms with E-state index in [0.717, 1.165) is 0 Å². The van der Waals surface area contributed by atoms with Gasteiger partial charge in [0.15, 0.2) is 6.61 Å². The average molecular weight is 70.0 g/mol. The van der Waals surface area contributed by atoms with Crippen LogP contribution in [-0.4, -0.2) is 0 Å². The summed E-state index contributed by atoms with van der Waals surface area (Å²) in [5.74, 6) is 0. The highest BCUT2D eigenvalue weighted by Crippen LogP contribution is 1.93. The first-order valence-corrected chi connectivity index (χ1v) is 1.22. The third-order valence-electron chi connectivity index (χ3n) is 0.288. The molecular weight excluding hydrogens is 68.0 g/mol. The fourth-order valence-corrected chi connectivity index (χ4v) is 0.139. The zero-order valence-electron chi connectivity index (χ0n) is 2.47. The molecule has 2 heteroatoms. The van der Waals surface area contributed by atoms with Crippen molar-refractivity contribution in [2.75, 3.05) is 0 Å². The molecule has 0 saturated heterocycles. The molecule has 2 radical (unpaired) electrons. The summed E-state index contributed by atoms with van der Waals surface area (Å²) in [6.07, 6.45) is 3.86. The fraction of sp³-hybridized carbons (Fsp3) is 0. The van der Waals surface area contributed by atoms with E-state index < -0.39 is 0 Å². The Labute approximate surface area is 29.9 Å². The summed E-state index contributed by atoms with van der Waals surface area (Å²) in [5.41, 5.74) is 0. The van der Waals surface area contributed by atoms with Crippen LogP contribution in [0.5, 0.6) is 0 Å². The highest BCUT2D eigenvalue weighted by molar-refractivity contribution is 4.74. The van der Waals surface area contributed by atoms with Crippen molar-refractivity contribution in [3.63, 3.8) is 0 Å². The largest absolute Gasteiger partial charge is 0.344 e. The van der Waals surface area contributed by atoms with Gasteiger partial charge >= 0.3 is 0 Å². The molecule has 0 aromatic heterocycles. The maximum atomic E-state index is 4.15. The molecule has 5 heavy (non-hydrogen) atoms. The molecule has 1 rings (SSSR count). The Bertz CT molecular complexity index is 42.9. The van der Waals surface area contributed by atoms with Crippen LogP contribution in [0, 0.1) is 12.7 Å². The summed E-state index contributed by atoms with van der Waals surface area (Å²) in [5, 5.41) is 0. The summed E-state index contributed by atoms with van der Waals surface area (Å²) >= 11 is 0. The Morgan fingerprint density at radius 1 is 1.40 bits per heavy atom. The summed E-state index contributed by atoms with van der Waals surface area (Å²) in [6.45, 7) is 1.33. The Morgan fingerprint density at radius 3 is 2.60 bits per heavy atom. The van der Waals surface area contributed by atoms with Gasteiger partial charge in [-0.25, -0.2) is 0 Å². The Balaban J connectivity index is 2.32. The minimum absolute atomic E-state index is 1.33. The molecule has 0 aromatic carbocycles. The Kier molecular flexibility index (Phi) is 0.588. The van der Waals surface area contributed by atoms with E-state index >= 15 is 0 Å². The maximum Gasteiger partial charge on any atom is 0.168 e.